The summed E-state index contributed by atoms with van der Waals surface area (Å²) in [5.74, 6) is 1.41. The van der Waals surface area contributed by atoms with Crippen LogP contribution in [0.4, 0.5) is 0 Å². The Kier molecular flexibility index (Phi) is 14.0. The monoisotopic (exact) mass is 417 g/mol. The number of hydrogen-bond donors (Lipinski definition) is 2. The van der Waals surface area contributed by atoms with Gasteiger partial charge in [-0.25, -0.2) is 4.79 Å². The van der Waals surface area contributed by atoms with Gasteiger partial charge in [-0.2, -0.15) is 17.0 Å². The highest BCUT2D eigenvalue weighted by Gasteiger charge is 2.13. The van der Waals surface area contributed by atoms with Gasteiger partial charge in [-0.1, -0.05) is 63.7 Å². The van der Waals surface area contributed by atoms with Crippen LogP contribution in [-0.4, -0.2) is 35.5 Å². The van der Waals surface area contributed by atoms with Crippen molar-refractivity contribution in [1.29, 1.82) is 5.26 Å². The van der Waals surface area contributed by atoms with E-state index in [0.29, 0.717) is 23.4 Å². The van der Waals surface area contributed by atoms with Crippen molar-refractivity contribution in [3.8, 4) is 6.07 Å². The number of carbonyl (C=O) groups excluding carboxylic acids is 1. The summed E-state index contributed by atoms with van der Waals surface area (Å²) in [4.78, 5) is 10.9. The van der Waals surface area contributed by atoms with Crippen LogP contribution >= 0.6 is 11.8 Å². The van der Waals surface area contributed by atoms with E-state index in [0.717, 1.165) is 30.6 Å². The number of hydrogen-bond acceptors (Lipinski definition) is 6. The Bertz CT molecular complexity index is 661. The van der Waals surface area contributed by atoms with Crippen LogP contribution in [0.3, 0.4) is 0 Å². The molecule has 0 saturated heterocycles. The quantitative estimate of drug-likeness (QED) is 0.184. The second kappa shape index (κ2) is 16.1. The molecule has 0 atom stereocenters. The molecule has 0 saturated carbocycles. The fraction of sp³-hybridized carbons (Fsp3) is 0.545. The van der Waals surface area contributed by atoms with Crippen molar-refractivity contribution in [3.05, 3.63) is 42.0 Å². The third-order valence-corrected chi connectivity index (χ3v) is 5.74. The van der Waals surface area contributed by atoms with Crippen molar-refractivity contribution >= 4 is 30.3 Å². The van der Waals surface area contributed by atoms with Gasteiger partial charge in [0.05, 0.1) is 18.2 Å². The Morgan fingerprint density at radius 3 is 2.31 bits per heavy atom. The largest absolute Gasteiger partial charge is 0.488 e. The molecule has 0 aliphatic rings. The average molecular weight is 417 g/mol. The topological polar surface area (TPSA) is 90.6 Å². The predicted octanol–water partition coefficient (Wildman–Crippen LogP) is 3.71. The minimum atomic E-state index is -1.50. The Morgan fingerprint density at radius 2 is 1.72 bits per heavy atom. The van der Waals surface area contributed by atoms with Gasteiger partial charge >= 0.3 is 13.1 Å². The van der Waals surface area contributed by atoms with Gasteiger partial charge in [0, 0.05) is 11.8 Å². The first-order valence-electron chi connectivity index (χ1n) is 10.3. The number of ether oxygens (including phenoxy) is 1. The number of carbonyl (C=O) groups is 1. The van der Waals surface area contributed by atoms with Crippen LogP contribution in [-0.2, 0) is 15.3 Å². The Morgan fingerprint density at radius 1 is 1.10 bits per heavy atom. The highest BCUT2D eigenvalue weighted by atomic mass is 32.2. The smallest absolute Gasteiger partial charge is 0.463 e. The SMILES string of the molecule is C=CC(=O)OCCCCCCCCCCCSCc1cc(B(O)O)ccc1C#N. The maximum Gasteiger partial charge on any atom is 0.488 e. The predicted molar refractivity (Wildman–Crippen MR) is 120 cm³/mol. The summed E-state index contributed by atoms with van der Waals surface area (Å²) < 4.78 is 4.94. The summed E-state index contributed by atoms with van der Waals surface area (Å²) in [7, 11) is -1.50. The lowest BCUT2D eigenvalue weighted by molar-refractivity contribution is -0.137. The lowest BCUT2D eigenvalue weighted by Gasteiger charge is -2.07. The number of esters is 1. The van der Waals surface area contributed by atoms with Gasteiger partial charge < -0.3 is 14.8 Å². The van der Waals surface area contributed by atoms with Crippen molar-refractivity contribution in [3.63, 3.8) is 0 Å². The normalized spacial score (nSPS) is 10.4. The summed E-state index contributed by atoms with van der Waals surface area (Å²) in [6.07, 6.45) is 11.7. The van der Waals surface area contributed by atoms with Gasteiger partial charge in [0.25, 0.3) is 0 Å². The molecule has 158 valence electrons. The standard InChI is InChI=1S/C22H32BNO4S/c1-2-22(25)28-14-10-8-6-4-3-5-7-9-11-15-29-18-20-16-21(23(26)27)13-12-19(20)17-24/h2,12-13,16,26-27H,1,3-11,14-15,18H2. The molecule has 0 aliphatic carbocycles. The maximum absolute atomic E-state index is 10.9. The minimum Gasteiger partial charge on any atom is -0.463 e. The van der Waals surface area contributed by atoms with Gasteiger partial charge in [-0.05, 0) is 35.7 Å². The van der Waals surface area contributed by atoms with Crippen LogP contribution in [0.15, 0.2) is 30.9 Å². The molecule has 0 aliphatic heterocycles. The zero-order chi connectivity index (χ0) is 21.3. The van der Waals surface area contributed by atoms with E-state index < -0.39 is 7.12 Å². The maximum atomic E-state index is 10.9. The lowest BCUT2D eigenvalue weighted by atomic mass is 9.79. The van der Waals surface area contributed by atoms with Crippen LogP contribution in [0.25, 0.3) is 0 Å². The molecule has 0 radical (unpaired) electrons. The molecule has 0 heterocycles. The second-order valence-electron chi connectivity index (χ2n) is 7.01. The van der Waals surface area contributed by atoms with Gasteiger partial charge in [0.1, 0.15) is 0 Å². The van der Waals surface area contributed by atoms with E-state index in [4.69, 9.17) is 4.74 Å². The molecule has 1 rings (SSSR count). The zero-order valence-electron chi connectivity index (χ0n) is 17.1. The fourth-order valence-corrected chi connectivity index (χ4v) is 3.97. The number of nitriles is 1. The highest BCUT2D eigenvalue weighted by Crippen LogP contribution is 2.18. The van der Waals surface area contributed by atoms with Crippen LogP contribution in [0.2, 0.25) is 0 Å². The summed E-state index contributed by atoms with van der Waals surface area (Å²) in [6, 6.07) is 7.10. The van der Waals surface area contributed by atoms with E-state index in [1.54, 1.807) is 30.0 Å². The highest BCUT2D eigenvalue weighted by molar-refractivity contribution is 7.98. The molecule has 0 unspecified atom stereocenters. The van der Waals surface area contributed by atoms with E-state index in [9.17, 15) is 20.1 Å². The molecule has 0 fully saturated rings. The Hall–Kier alpha value is -1.75. The average Bonchev–Trinajstić information content (AvgIpc) is 2.73. The molecule has 5 nitrogen and oxygen atoms in total. The van der Waals surface area contributed by atoms with Crippen molar-refractivity contribution < 1.29 is 19.6 Å². The zero-order valence-corrected chi connectivity index (χ0v) is 18.0. The molecule has 2 N–H and O–H groups in total. The van der Waals surface area contributed by atoms with E-state index in [2.05, 4.69) is 12.6 Å². The minimum absolute atomic E-state index is 0.342. The van der Waals surface area contributed by atoms with Gasteiger partial charge in [-0.15, -0.1) is 0 Å². The summed E-state index contributed by atoms with van der Waals surface area (Å²) in [6.45, 7) is 3.86. The molecule has 1 aromatic rings. The molecule has 0 aromatic heterocycles. The number of benzene rings is 1. The van der Waals surface area contributed by atoms with Gasteiger partial charge in [0.2, 0.25) is 0 Å². The third kappa shape index (κ3) is 11.8. The van der Waals surface area contributed by atoms with Crippen LogP contribution in [0.5, 0.6) is 0 Å². The molecular formula is C22H32BNO4S. The Balaban J connectivity index is 1.99. The summed E-state index contributed by atoms with van der Waals surface area (Å²) >= 11 is 1.78. The van der Waals surface area contributed by atoms with Gasteiger partial charge in [-0.3, -0.25) is 0 Å². The molecule has 0 amide bonds. The Labute approximate surface area is 179 Å². The van der Waals surface area contributed by atoms with Crippen molar-refractivity contribution in [2.45, 2.75) is 63.5 Å². The number of unbranched alkanes of at least 4 members (excludes halogenated alkanes) is 8. The second-order valence-corrected chi connectivity index (χ2v) is 8.11. The summed E-state index contributed by atoms with van der Waals surface area (Å²) in [5, 5.41) is 27.7. The summed E-state index contributed by atoms with van der Waals surface area (Å²) in [5.41, 5.74) is 1.89. The van der Waals surface area contributed by atoms with Gasteiger partial charge in [0.15, 0.2) is 0 Å². The lowest BCUT2D eigenvalue weighted by Crippen LogP contribution is -2.30. The first kappa shape index (κ1) is 25.3. The van der Waals surface area contributed by atoms with E-state index >= 15 is 0 Å². The van der Waals surface area contributed by atoms with Crippen molar-refractivity contribution in [2.75, 3.05) is 12.4 Å². The van der Waals surface area contributed by atoms with E-state index in [-0.39, 0.29) is 5.97 Å². The number of thioether (sulfide) groups is 1. The molecular weight excluding hydrogens is 385 g/mol. The van der Waals surface area contributed by atoms with Crippen molar-refractivity contribution in [1.82, 2.24) is 0 Å². The number of nitrogens with zero attached hydrogens (tertiary/aromatic N) is 1. The molecule has 29 heavy (non-hydrogen) atoms. The van der Waals surface area contributed by atoms with Crippen LogP contribution in [0.1, 0.15) is 68.9 Å². The van der Waals surface area contributed by atoms with Crippen molar-refractivity contribution in [2.24, 2.45) is 0 Å². The molecule has 1 aromatic carbocycles. The van der Waals surface area contributed by atoms with Crippen LogP contribution in [0, 0.1) is 11.3 Å². The third-order valence-electron chi connectivity index (χ3n) is 4.65. The van der Waals surface area contributed by atoms with Crippen LogP contribution < -0.4 is 5.46 Å². The first-order valence-corrected chi connectivity index (χ1v) is 11.5. The fourth-order valence-electron chi connectivity index (χ4n) is 2.96. The van der Waals surface area contributed by atoms with E-state index in [1.807, 2.05) is 0 Å². The molecule has 0 bridgehead atoms. The molecule has 7 heteroatoms. The first-order chi connectivity index (χ1) is 14.1. The molecule has 0 spiro atoms. The van der Waals surface area contributed by atoms with E-state index in [1.165, 1.54) is 44.6 Å². The number of rotatable bonds is 16.